The molecule has 3 N–H and O–H groups in total. The predicted molar refractivity (Wildman–Crippen MR) is 92.8 cm³/mol. The highest BCUT2D eigenvalue weighted by molar-refractivity contribution is 6.32. The first-order chi connectivity index (χ1) is 11.7. The second-order valence-electron chi connectivity index (χ2n) is 5.51. The molecule has 6 heteroatoms. The van der Waals surface area contributed by atoms with Crippen molar-refractivity contribution in [3.05, 3.63) is 58.1 Å². The van der Waals surface area contributed by atoms with E-state index in [1.807, 2.05) is 24.3 Å². The average Bonchev–Trinajstić information content (AvgIpc) is 2.62. The van der Waals surface area contributed by atoms with Gasteiger partial charge in [0.15, 0.2) is 11.5 Å². The standard InChI is InChI=1S/C18H19ClN2O3/c19-15-9-13(10-16-17(15)24-8-7-23-16)5-6-21-18(22)14-3-1-12(11-20)2-4-14/h1-4,9-10H,5-8,11,20H2,(H,21,22). The van der Waals surface area contributed by atoms with Crippen LogP contribution in [0.4, 0.5) is 0 Å². The van der Waals surface area contributed by atoms with Gasteiger partial charge in [0.05, 0.1) is 5.02 Å². The average molecular weight is 347 g/mol. The van der Waals surface area contributed by atoms with E-state index in [1.54, 1.807) is 12.1 Å². The lowest BCUT2D eigenvalue weighted by atomic mass is 10.1. The van der Waals surface area contributed by atoms with Crippen molar-refractivity contribution in [2.24, 2.45) is 5.73 Å². The molecular formula is C18H19ClN2O3. The summed E-state index contributed by atoms with van der Waals surface area (Å²) in [5, 5.41) is 3.43. The Morgan fingerprint density at radius 1 is 1.12 bits per heavy atom. The molecule has 5 nitrogen and oxygen atoms in total. The van der Waals surface area contributed by atoms with E-state index >= 15 is 0 Å². The Kier molecular flexibility index (Phi) is 5.23. The van der Waals surface area contributed by atoms with E-state index in [9.17, 15) is 4.79 Å². The Labute approximate surface area is 145 Å². The molecule has 1 aliphatic heterocycles. The molecule has 0 aliphatic carbocycles. The second kappa shape index (κ2) is 7.55. The Balaban J connectivity index is 1.57. The van der Waals surface area contributed by atoms with Crippen LogP contribution in [0.5, 0.6) is 11.5 Å². The maximum atomic E-state index is 12.1. The quantitative estimate of drug-likeness (QED) is 0.872. The normalized spacial score (nSPS) is 12.8. The SMILES string of the molecule is NCc1ccc(C(=O)NCCc2cc(Cl)c3c(c2)OCCO3)cc1. The molecular weight excluding hydrogens is 328 g/mol. The zero-order chi connectivity index (χ0) is 16.9. The van der Waals surface area contributed by atoms with Gasteiger partial charge < -0.3 is 20.5 Å². The summed E-state index contributed by atoms with van der Waals surface area (Å²) in [6.07, 6.45) is 0.656. The fourth-order valence-corrected chi connectivity index (χ4v) is 2.81. The minimum atomic E-state index is -0.109. The molecule has 0 radical (unpaired) electrons. The summed E-state index contributed by atoms with van der Waals surface area (Å²) in [6, 6.07) is 11.0. The Morgan fingerprint density at radius 3 is 2.62 bits per heavy atom. The fourth-order valence-electron chi connectivity index (χ4n) is 2.52. The zero-order valence-corrected chi connectivity index (χ0v) is 13.9. The number of carbonyl (C=O) groups excluding carboxylic acids is 1. The number of ether oxygens (including phenoxy) is 2. The highest BCUT2D eigenvalue weighted by atomic mass is 35.5. The van der Waals surface area contributed by atoms with E-state index in [0.717, 1.165) is 11.1 Å². The molecule has 1 aliphatic rings. The summed E-state index contributed by atoms with van der Waals surface area (Å²) in [5.41, 5.74) is 8.16. The highest BCUT2D eigenvalue weighted by Gasteiger charge is 2.16. The van der Waals surface area contributed by atoms with Crippen molar-refractivity contribution in [3.8, 4) is 11.5 Å². The molecule has 0 atom stereocenters. The lowest BCUT2D eigenvalue weighted by molar-refractivity contribution is 0.0954. The van der Waals surface area contributed by atoms with Crippen molar-refractivity contribution in [1.82, 2.24) is 5.32 Å². The number of nitrogens with two attached hydrogens (primary N) is 1. The van der Waals surface area contributed by atoms with Crippen LogP contribution in [0.3, 0.4) is 0 Å². The zero-order valence-electron chi connectivity index (χ0n) is 13.2. The van der Waals surface area contributed by atoms with E-state index in [2.05, 4.69) is 5.32 Å². The van der Waals surface area contributed by atoms with Gasteiger partial charge in [0.25, 0.3) is 5.91 Å². The molecule has 2 aromatic carbocycles. The third kappa shape index (κ3) is 3.80. The van der Waals surface area contributed by atoms with E-state index in [0.29, 0.717) is 54.8 Å². The molecule has 24 heavy (non-hydrogen) atoms. The van der Waals surface area contributed by atoms with Gasteiger partial charge in [-0.05, 0) is 41.8 Å². The molecule has 0 aromatic heterocycles. The van der Waals surface area contributed by atoms with Crippen LogP contribution in [0.1, 0.15) is 21.5 Å². The number of rotatable bonds is 5. The molecule has 126 valence electrons. The molecule has 1 heterocycles. The number of carbonyl (C=O) groups is 1. The third-order valence-electron chi connectivity index (χ3n) is 3.81. The fraction of sp³-hybridized carbons (Fsp3) is 0.278. The number of benzene rings is 2. The molecule has 0 saturated carbocycles. The second-order valence-corrected chi connectivity index (χ2v) is 5.92. The van der Waals surface area contributed by atoms with Crippen LogP contribution in [-0.4, -0.2) is 25.7 Å². The monoisotopic (exact) mass is 346 g/mol. The smallest absolute Gasteiger partial charge is 0.251 e. The van der Waals surface area contributed by atoms with Crippen LogP contribution in [0.25, 0.3) is 0 Å². The van der Waals surface area contributed by atoms with Crippen LogP contribution in [0, 0.1) is 0 Å². The van der Waals surface area contributed by atoms with Gasteiger partial charge in [-0.3, -0.25) is 4.79 Å². The summed E-state index contributed by atoms with van der Waals surface area (Å²) in [5.74, 6) is 1.14. The topological polar surface area (TPSA) is 73.6 Å². The van der Waals surface area contributed by atoms with Gasteiger partial charge in [-0.15, -0.1) is 0 Å². The van der Waals surface area contributed by atoms with Crippen molar-refractivity contribution in [2.75, 3.05) is 19.8 Å². The van der Waals surface area contributed by atoms with Crippen LogP contribution in [0.15, 0.2) is 36.4 Å². The molecule has 0 fully saturated rings. The van der Waals surface area contributed by atoms with Crippen molar-refractivity contribution < 1.29 is 14.3 Å². The summed E-state index contributed by atoms with van der Waals surface area (Å²) >= 11 is 6.21. The minimum absolute atomic E-state index is 0.109. The molecule has 0 spiro atoms. The maximum Gasteiger partial charge on any atom is 0.251 e. The number of hydrogen-bond donors (Lipinski definition) is 2. The molecule has 0 saturated heterocycles. The van der Waals surface area contributed by atoms with Crippen molar-refractivity contribution in [2.45, 2.75) is 13.0 Å². The first-order valence-corrected chi connectivity index (χ1v) is 8.20. The Hall–Kier alpha value is -2.24. The lowest BCUT2D eigenvalue weighted by Gasteiger charge is -2.20. The van der Waals surface area contributed by atoms with Gasteiger partial charge in [-0.25, -0.2) is 0 Å². The van der Waals surface area contributed by atoms with Gasteiger partial charge in [0.1, 0.15) is 13.2 Å². The van der Waals surface area contributed by atoms with Crippen molar-refractivity contribution in [3.63, 3.8) is 0 Å². The number of amides is 1. The first-order valence-electron chi connectivity index (χ1n) is 7.82. The highest BCUT2D eigenvalue weighted by Crippen LogP contribution is 2.38. The lowest BCUT2D eigenvalue weighted by Crippen LogP contribution is -2.25. The largest absolute Gasteiger partial charge is 0.486 e. The van der Waals surface area contributed by atoms with Gasteiger partial charge in [-0.2, -0.15) is 0 Å². The van der Waals surface area contributed by atoms with Crippen LogP contribution < -0.4 is 20.5 Å². The maximum absolute atomic E-state index is 12.1. The van der Waals surface area contributed by atoms with Crippen molar-refractivity contribution in [1.29, 1.82) is 0 Å². The summed E-state index contributed by atoms with van der Waals surface area (Å²) in [7, 11) is 0. The summed E-state index contributed by atoms with van der Waals surface area (Å²) < 4.78 is 11.0. The molecule has 0 bridgehead atoms. The van der Waals surface area contributed by atoms with E-state index in [1.165, 1.54) is 0 Å². The number of halogens is 1. The number of hydrogen-bond acceptors (Lipinski definition) is 4. The van der Waals surface area contributed by atoms with E-state index < -0.39 is 0 Å². The van der Waals surface area contributed by atoms with E-state index in [4.69, 9.17) is 26.8 Å². The Bertz CT molecular complexity index is 732. The molecule has 1 amide bonds. The summed E-state index contributed by atoms with van der Waals surface area (Å²) in [6.45, 7) is 1.99. The van der Waals surface area contributed by atoms with Gasteiger partial charge in [-0.1, -0.05) is 23.7 Å². The predicted octanol–water partition coefficient (Wildman–Crippen LogP) is 2.54. The minimum Gasteiger partial charge on any atom is -0.486 e. The molecule has 2 aromatic rings. The number of nitrogens with one attached hydrogen (secondary N) is 1. The van der Waals surface area contributed by atoms with Gasteiger partial charge >= 0.3 is 0 Å². The van der Waals surface area contributed by atoms with Gasteiger partial charge in [0.2, 0.25) is 0 Å². The van der Waals surface area contributed by atoms with E-state index in [-0.39, 0.29) is 5.91 Å². The summed E-state index contributed by atoms with van der Waals surface area (Å²) in [4.78, 5) is 12.1. The molecule has 0 unspecified atom stereocenters. The first kappa shape index (κ1) is 16.6. The van der Waals surface area contributed by atoms with Crippen LogP contribution in [0.2, 0.25) is 5.02 Å². The van der Waals surface area contributed by atoms with Crippen LogP contribution >= 0.6 is 11.6 Å². The molecule has 3 rings (SSSR count). The van der Waals surface area contributed by atoms with Crippen LogP contribution in [-0.2, 0) is 13.0 Å². The third-order valence-corrected chi connectivity index (χ3v) is 4.09. The number of fused-ring (bicyclic) bond motifs is 1. The Morgan fingerprint density at radius 2 is 1.88 bits per heavy atom. The van der Waals surface area contributed by atoms with Crippen molar-refractivity contribution >= 4 is 17.5 Å². The van der Waals surface area contributed by atoms with Gasteiger partial charge in [0, 0.05) is 18.7 Å².